The monoisotopic (exact) mass is 313 g/mol. The fourth-order valence-corrected chi connectivity index (χ4v) is 4.12. The van der Waals surface area contributed by atoms with E-state index in [0.717, 1.165) is 0 Å². The van der Waals surface area contributed by atoms with Crippen molar-refractivity contribution in [1.82, 2.24) is 4.72 Å². The highest BCUT2D eigenvalue weighted by Crippen LogP contribution is 2.35. The topological polar surface area (TPSA) is 92.6 Å². The van der Waals surface area contributed by atoms with E-state index in [4.69, 9.17) is 0 Å². The number of nitrogens with one attached hydrogen (secondary N) is 1. The van der Waals surface area contributed by atoms with E-state index in [1.165, 1.54) is 16.4 Å². The van der Waals surface area contributed by atoms with Gasteiger partial charge in [0.05, 0.1) is 16.2 Å². The van der Waals surface area contributed by atoms with Crippen molar-refractivity contribution in [3.63, 3.8) is 0 Å². The molecule has 21 heavy (non-hydrogen) atoms. The fraction of sp³-hybridized carbons (Fsp3) is 0.538. The van der Waals surface area contributed by atoms with E-state index in [9.17, 15) is 18.5 Å². The van der Waals surface area contributed by atoms with Crippen molar-refractivity contribution in [2.24, 2.45) is 0 Å². The van der Waals surface area contributed by atoms with E-state index >= 15 is 0 Å². The Hall–Kier alpha value is -1.67. The second-order valence-electron chi connectivity index (χ2n) is 6.06. The molecule has 8 heteroatoms. The summed E-state index contributed by atoms with van der Waals surface area (Å²) in [5.41, 5.74) is 0.236. The molecule has 1 aromatic rings. The van der Waals surface area contributed by atoms with E-state index in [-0.39, 0.29) is 5.69 Å². The van der Waals surface area contributed by atoms with Gasteiger partial charge in [0.1, 0.15) is 0 Å². The molecule has 0 saturated heterocycles. The Kier molecular flexibility index (Phi) is 3.94. The van der Waals surface area contributed by atoms with Crippen molar-refractivity contribution in [2.75, 3.05) is 10.8 Å². The maximum absolute atomic E-state index is 12.5. The first-order valence-electron chi connectivity index (χ1n) is 6.70. The van der Waals surface area contributed by atoms with Crippen molar-refractivity contribution in [1.29, 1.82) is 0 Å². The van der Waals surface area contributed by atoms with Crippen molar-refractivity contribution in [3.05, 3.63) is 33.9 Å². The lowest BCUT2D eigenvalue weighted by atomic mass is 10.0. The predicted molar refractivity (Wildman–Crippen MR) is 80.6 cm³/mol. The number of hydrogen-bond donors (Lipinski definition) is 1. The SMILES string of the molecule is CC(C)(C)NS(=O)(=O)N1CCCc2c1cccc2[N+](=O)[O-]. The summed E-state index contributed by atoms with van der Waals surface area (Å²) in [5, 5.41) is 11.1. The second-order valence-corrected chi connectivity index (χ2v) is 7.66. The van der Waals surface area contributed by atoms with Crippen LogP contribution in [0, 0.1) is 10.1 Å². The van der Waals surface area contributed by atoms with Crippen molar-refractivity contribution in [2.45, 2.75) is 39.2 Å². The lowest BCUT2D eigenvalue weighted by molar-refractivity contribution is -0.385. The van der Waals surface area contributed by atoms with Crippen LogP contribution < -0.4 is 9.03 Å². The Morgan fingerprint density at radius 2 is 2.00 bits per heavy atom. The molecule has 1 N–H and O–H groups in total. The molecule has 1 aliphatic heterocycles. The molecule has 0 fully saturated rings. The highest BCUT2D eigenvalue weighted by molar-refractivity contribution is 7.90. The number of benzene rings is 1. The first-order valence-corrected chi connectivity index (χ1v) is 8.14. The highest BCUT2D eigenvalue weighted by atomic mass is 32.2. The molecule has 0 radical (unpaired) electrons. The van der Waals surface area contributed by atoms with Gasteiger partial charge in [0.25, 0.3) is 5.69 Å². The van der Waals surface area contributed by atoms with Gasteiger partial charge in [0, 0.05) is 18.2 Å². The first kappa shape index (κ1) is 15.7. The normalized spacial score (nSPS) is 15.7. The number of nitrogens with zero attached hydrogens (tertiary/aromatic N) is 2. The molecule has 0 spiro atoms. The Morgan fingerprint density at radius 3 is 2.57 bits per heavy atom. The zero-order valence-electron chi connectivity index (χ0n) is 12.3. The average Bonchev–Trinajstić information content (AvgIpc) is 2.34. The van der Waals surface area contributed by atoms with Gasteiger partial charge in [-0.15, -0.1) is 0 Å². The summed E-state index contributed by atoms with van der Waals surface area (Å²) >= 11 is 0. The number of anilines is 1. The molecular weight excluding hydrogens is 294 g/mol. The summed E-state index contributed by atoms with van der Waals surface area (Å²) in [6.45, 7) is 5.58. The second kappa shape index (κ2) is 5.27. The van der Waals surface area contributed by atoms with Gasteiger partial charge in [0.2, 0.25) is 0 Å². The van der Waals surface area contributed by atoms with E-state index in [2.05, 4.69) is 4.72 Å². The van der Waals surface area contributed by atoms with E-state index in [1.807, 2.05) is 0 Å². The zero-order chi connectivity index (χ0) is 15.8. The molecule has 0 amide bonds. The standard InChI is InChI=1S/C13H19N3O4S/c1-13(2,3)14-21(19,20)15-9-5-6-10-11(15)7-4-8-12(10)16(17)18/h4,7-8,14H,5-6,9H2,1-3H3. The molecule has 0 saturated carbocycles. The van der Waals surface area contributed by atoms with Crippen molar-refractivity contribution < 1.29 is 13.3 Å². The summed E-state index contributed by atoms with van der Waals surface area (Å²) in [4.78, 5) is 10.6. The number of hydrogen-bond acceptors (Lipinski definition) is 4. The molecule has 0 aliphatic carbocycles. The third-order valence-corrected chi connectivity index (χ3v) is 4.94. The van der Waals surface area contributed by atoms with Gasteiger partial charge in [-0.2, -0.15) is 13.1 Å². The van der Waals surface area contributed by atoms with Crippen molar-refractivity contribution in [3.8, 4) is 0 Å². The number of nitro groups is 1. The van der Waals surface area contributed by atoms with Gasteiger partial charge in [-0.1, -0.05) is 6.07 Å². The predicted octanol–water partition coefficient (Wildman–Crippen LogP) is 1.98. The third kappa shape index (κ3) is 3.33. The maximum atomic E-state index is 12.5. The van der Waals surface area contributed by atoms with Gasteiger partial charge >= 0.3 is 10.2 Å². The molecule has 1 aromatic carbocycles. The van der Waals surface area contributed by atoms with Gasteiger partial charge in [-0.3, -0.25) is 14.4 Å². The molecule has 1 heterocycles. The molecule has 2 rings (SSSR count). The van der Waals surface area contributed by atoms with Crippen molar-refractivity contribution >= 4 is 21.6 Å². The molecule has 7 nitrogen and oxygen atoms in total. The van der Waals surface area contributed by atoms with Crippen LogP contribution in [-0.2, 0) is 16.6 Å². The van der Waals surface area contributed by atoms with Gasteiger partial charge in [-0.25, -0.2) is 0 Å². The highest BCUT2D eigenvalue weighted by Gasteiger charge is 2.33. The van der Waals surface area contributed by atoms with Gasteiger partial charge in [-0.05, 0) is 39.7 Å². The number of nitro benzene ring substituents is 1. The molecular formula is C13H19N3O4S. The van der Waals surface area contributed by atoms with Gasteiger partial charge in [0.15, 0.2) is 0 Å². The van der Waals surface area contributed by atoms with Crippen LogP contribution >= 0.6 is 0 Å². The average molecular weight is 313 g/mol. The minimum atomic E-state index is -3.74. The lowest BCUT2D eigenvalue weighted by Gasteiger charge is -2.33. The van der Waals surface area contributed by atoms with Crippen LogP contribution in [0.4, 0.5) is 11.4 Å². The first-order chi connectivity index (χ1) is 9.62. The molecule has 116 valence electrons. The molecule has 0 aromatic heterocycles. The Bertz CT molecular complexity index is 664. The van der Waals surface area contributed by atoms with E-state index in [0.29, 0.717) is 30.6 Å². The minimum absolute atomic E-state index is 0.0249. The quantitative estimate of drug-likeness (QED) is 0.682. The molecule has 0 bridgehead atoms. The third-order valence-electron chi connectivity index (χ3n) is 3.11. The summed E-state index contributed by atoms with van der Waals surface area (Å²) in [5.74, 6) is 0. The van der Waals surface area contributed by atoms with Crippen LogP contribution in [0.1, 0.15) is 32.8 Å². The van der Waals surface area contributed by atoms with Crippen LogP contribution in [0.25, 0.3) is 0 Å². The van der Waals surface area contributed by atoms with Crippen LogP contribution in [0.15, 0.2) is 18.2 Å². The van der Waals surface area contributed by atoms with Crippen LogP contribution in [-0.4, -0.2) is 25.4 Å². The number of rotatable bonds is 3. The fourth-order valence-electron chi connectivity index (χ4n) is 2.44. The Labute approximate surface area is 124 Å². The maximum Gasteiger partial charge on any atom is 0.302 e. The Morgan fingerprint density at radius 1 is 1.33 bits per heavy atom. The number of fused-ring (bicyclic) bond motifs is 1. The molecule has 0 unspecified atom stereocenters. The Balaban J connectivity index is 2.48. The molecule has 0 atom stereocenters. The summed E-state index contributed by atoms with van der Waals surface area (Å²) < 4.78 is 28.8. The smallest absolute Gasteiger partial charge is 0.258 e. The largest absolute Gasteiger partial charge is 0.302 e. The zero-order valence-corrected chi connectivity index (χ0v) is 13.1. The minimum Gasteiger partial charge on any atom is -0.258 e. The van der Waals surface area contributed by atoms with Crippen LogP contribution in [0.5, 0.6) is 0 Å². The summed E-state index contributed by atoms with van der Waals surface area (Å²) in [6.07, 6.45) is 1.07. The van der Waals surface area contributed by atoms with E-state index < -0.39 is 20.7 Å². The molecule has 1 aliphatic rings. The summed E-state index contributed by atoms with van der Waals surface area (Å²) in [7, 11) is -3.74. The van der Waals surface area contributed by atoms with E-state index in [1.54, 1.807) is 26.8 Å². The van der Waals surface area contributed by atoms with Crippen LogP contribution in [0.3, 0.4) is 0 Å². The lowest BCUT2D eigenvalue weighted by Crippen LogP contribution is -2.50. The summed E-state index contributed by atoms with van der Waals surface area (Å²) in [6, 6.07) is 4.54. The van der Waals surface area contributed by atoms with Crippen LogP contribution in [0.2, 0.25) is 0 Å². The van der Waals surface area contributed by atoms with Gasteiger partial charge < -0.3 is 0 Å².